The van der Waals surface area contributed by atoms with E-state index in [0.29, 0.717) is 5.82 Å². The fourth-order valence-electron chi connectivity index (χ4n) is 1.51. The molecule has 1 aliphatic rings. The van der Waals surface area contributed by atoms with E-state index in [9.17, 15) is 4.79 Å². The van der Waals surface area contributed by atoms with Crippen molar-refractivity contribution in [1.29, 1.82) is 0 Å². The minimum Gasteiger partial charge on any atom is -0.351 e. The summed E-state index contributed by atoms with van der Waals surface area (Å²) >= 11 is 1.10. The lowest BCUT2D eigenvalue weighted by atomic mass is 10.1. The minimum absolute atomic E-state index is 0. The minimum atomic E-state index is -0.0829. The van der Waals surface area contributed by atoms with Gasteiger partial charge in [0.05, 0.1) is 0 Å². The van der Waals surface area contributed by atoms with Crippen LogP contribution in [0.4, 0.5) is 5.82 Å². The summed E-state index contributed by atoms with van der Waals surface area (Å²) in [5.74, 6) is 0.553. The third kappa shape index (κ3) is 2.26. The molecule has 1 saturated heterocycles. The highest BCUT2D eigenvalue weighted by molar-refractivity contribution is 6.99. The summed E-state index contributed by atoms with van der Waals surface area (Å²) in [7, 11) is 0. The molecule has 0 aliphatic carbocycles. The molecule has 1 aliphatic heterocycles. The Hall–Kier alpha value is -0.590. The Morgan fingerprint density at radius 1 is 1.50 bits per heavy atom. The normalized spacial score (nSPS) is 17.9. The van der Waals surface area contributed by atoms with Crippen molar-refractivity contribution in [1.82, 2.24) is 8.75 Å². The van der Waals surface area contributed by atoms with E-state index in [0.717, 1.165) is 37.7 Å². The van der Waals surface area contributed by atoms with Gasteiger partial charge in [-0.05, 0) is 12.8 Å². The largest absolute Gasteiger partial charge is 0.351 e. The van der Waals surface area contributed by atoms with Crippen molar-refractivity contribution in [2.75, 3.05) is 18.0 Å². The second-order valence-corrected chi connectivity index (χ2v) is 3.83. The van der Waals surface area contributed by atoms with Crippen molar-refractivity contribution in [3.63, 3.8) is 0 Å². The highest BCUT2D eigenvalue weighted by atomic mass is 35.5. The number of nitrogens with one attached hydrogen (secondary N) is 1. The van der Waals surface area contributed by atoms with Crippen LogP contribution in [-0.2, 0) is 0 Å². The smallest absolute Gasteiger partial charge is 0.302 e. The second kappa shape index (κ2) is 4.77. The summed E-state index contributed by atoms with van der Waals surface area (Å²) in [6, 6.07) is 0.286. The SMILES string of the molecule is Cl.NC1CCN(c2ns[nH]c2=O)CC1. The van der Waals surface area contributed by atoms with Crippen LogP contribution in [0.2, 0.25) is 0 Å². The Morgan fingerprint density at radius 3 is 2.64 bits per heavy atom. The molecule has 5 nitrogen and oxygen atoms in total. The Labute approximate surface area is 92.0 Å². The van der Waals surface area contributed by atoms with Gasteiger partial charge in [0.15, 0.2) is 0 Å². The van der Waals surface area contributed by atoms with Gasteiger partial charge in [0, 0.05) is 30.9 Å². The molecular weight excluding hydrogens is 224 g/mol. The van der Waals surface area contributed by atoms with E-state index in [2.05, 4.69) is 8.75 Å². The molecule has 0 saturated carbocycles. The summed E-state index contributed by atoms with van der Waals surface area (Å²) in [6.45, 7) is 1.68. The van der Waals surface area contributed by atoms with Crippen LogP contribution in [0.3, 0.4) is 0 Å². The van der Waals surface area contributed by atoms with Crippen molar-refractivity contribution >= 4 is 30.0 Å². The molecular formula is C7H13ClN4OS. The summed E-state index contributed by atoms with van der Waals surface area (Å²) in [6.07, 6.45) is 1.88. The number of nitrogens with zero attached hydrogens (tertiary/aromatic N) is 2. The van der Waals surface area contributed by atoms with Gasteiger partial charge >= 0.3 is 5.56 Å². The zero-order chi connectivity index (χ0) is 9.26. The monoisotopic (exact) mass is 236 g/mol. The van der Waals surface area contributed by atoms with Gasteiger partial charge in [-0.3, -0.25) is 9.17 Å². The summed E-state index contributed by atoms with van der Waals surface area (Å²) in [5.41, 5.74) is 5.68. The fourth-order valence-corrected chi connectivity index (χ4v) is 2.01. The first-order valence-electron chi connectivity index (χ1n) is 4.32. The average Bonchev–Trinajstić information content (AvgIpc) is 2.53. The van der Waals surface area contributed by atoms with Crippen molar-refractivity contribution in [2.45, 2.75) is 18.9 Å². The van der Waals surface area contributed by atoms with E-state index in [-0.39, 0.29) is 24.0 Å². The quantitative estimate of drug-likeness (QED) is 0.730. The number of anilines is 1. The first-order valence-corrected chi connectivity index (χ1v) is 5.09. The number of hydrogen-bond acceptors (Lipinski definition) is 5. The molecule has 0 radical (unpaired) electrons. The van der Waals surface area contributed by atoms with Gasteiger partial charge in [0.25, 0.3) is 0 Å². The van der Waals surface area contributed by atoms with E-state index in [1.54, 1.807) is 0 Å². The zero-order valence-electron chi connectivity index (χ0n) is 7.60. The molecule has 0 bridgehead atoms. The van der Waals surface area contributed by atoms with E-state index >= 15 is 0 Å². The molecule has 1 aromatic rings. The maximum atomic E-state index is 11.2. The molecule has 2 heterocycles. The molecule has 0 spiro atoms. The zero-order valence-corrected chi connectivity index (χ0v) is 9.24. The van der Waals surface area contributed by atoms with Crippen LogP contribution in [0.25, 0.3) is 0 Å². The highest BCUT2D eigenvalue weighted by Gasteiger charge is 2.19. The first kappa shape index (κ1) is 11.5. The number of aromatic nitrogens is 2. The molecule has 3 N–H and O–H groups in total. The maximum Gasteiger partial charge on any atom is 0.302 e. The molecule has 0 atom stereocenters. The number of H-pyrrole nitrogens is 1. The van der Waals surface area contributed by atoms with Gasteiger partial charge in [0.1, 0.15) is 0 Å². The maximum absolute atomic E-state index is 11.2. The molecule has 14 heavy (non-hydrogen) atoms. The summed E-state index contributed by atoms with van der Waals surface area (Å²) in [5, 5.41) is 0. The average molecular weight is 237 g/mol. The van der Waals surface area contributed by atoms with E-state index in [1.807, 2.05) is 4.90 Å². The van der Waals surface area contributed by atoms with Gasteiger partial charge in [0.2, 0.25) is 5.82 Å². The third-order valence-electron chi connectivity index (χ3n) is 2.31. The summed E-state index contributed by atoms with van der Waals surface area (Å²) < 4.78 is 6.60. The molecule has 0 unspecified atom stereocenters. The Morgan fingerprint density at radius 2 is 2.14 bits per heavy atom. The van der Waals surface area contributed by atoms with Gasteiger partial charge < -0.3 is 10.6 Å². The van der Waals surface area contributed by atoms with Crippen LogP contribution in [0.5, 0.6) is 0 Å². The van der Waals surface area contributed by atoms with Crippen LogP contribution >= 0.6 is 24.1 Å². The predicted molar refractivity (Wildman–Crippen MR) is 59.4 cm³/mol. The van der Waals surface area contributed by atoms with Crippen LogP contribution in [0.1, 0.15) is 12.8 Å². The fraction of sp³-hybridized carbons (Fsp3) is 0.714. The van der Waals surface area contributed by atoms with Gasteiger partial charge in [-0.2, -0.15) is 4.37 Å². The van der Waals surface area contributed by atoms with Crippen LogP contribution in [0, 0.1) is 0 Å². The van der Waals surface area contributed by atoms with Crippen LogP contribution < -0.4 is 16.2 Å². The first-order chi connectivity index (χ1) is 6.27. The lowest BCUT2D eigenvalue weighted by Gasteiger charge is -2.29. The second-order valence-electron chi connectivity index (χ2n) is 3.26. The van der Waals surface area contributed by atoms with Crippen molar-refractivity contribution < 1.29 is 0 Å². The third-order valence-corrected chi connectivity index (χ3v) is 2.85. The lowest BCUT2D eigenvalue weighted by molar-refractivity contribution is 0.498. The molecule has 7 heteroatoms. The van der Waals surface area contributed by atoms with Gasteiger partial charge in [-0.25, -0.2) is 0 Å². The number of aromatic amines is 1. The van der Waals surface area contributed by atoms with Gasteiger partial charge in [-0.15, -0.1) is 12.4 Å². The predicted octanol–water partition coefficient (Wildman–Crippen LogP) is 0.181. The van der Waals surface area contributed by atoms with Crippen molar-refractivity contribution in [3.8, 4) is 0 Å². The van der Waals surface area contributed by atoms with E-state index < -0.39 is 0 Å². The molecule has 0 amide bonds. The molecule has 0 aromatic carbocycles. The lowest BCUT2D eigenvalue weighted by Crippen LogP contribution is -2.41. The van der Waals surface area contributed by atoms with Crippen LogP contribution in [0.15, 0.2) is 4.79 Å². The molecule has 2 rings (SSSR count). The van der Waals surface area contributed by atoms with Crippen molar-refractivity contribution in [3.05, 3.63) is 10.4 Å². The highest BCUT2D eigenvalue weighted by Crippen LogP contribution is 2.13. The number of halogens is 1. The van der Waals surface area contributed by atoms with E-state index in [4.69, 9.17) is 5.73 Å². The van der Waals surface area contributed by atoms with E-state index in [1.165, 1.54) is 0 Å². The van der Waals surface area contributed by atoms with Gasteiger partial charge in [-0.1, -0.05) is 0 Å². The number of piperidine rings is 1. The van der Waals surface area contributed by atoms with Crippen molar-refractivity contribution in [2.24, 2.45) is 5.73 Å². The Balaban J connectivity index is 0.000000980. The molecule has 1 fully saturated rings. The van der Waals surface area contributed by atoms with Crippen LogP contribution in [-0.4, -0.2) is 27.9 Å². The number of nitrogens with two attached hydrogens (primary N) is 1. The number of hydrogen-bond donors (Lipinski definition) is 2. The standard InChI is InChI=1S/C7H12N4OS.ClH/c8-5-1-3-11(4-2-5)6-7(12)10-13-9-6;/h5H,1-4,8H2,(H,10,12);1H. The number of rotatable bonds is 1. The molecule has 80 valence electrons. The summed E-state index contributed by atoms with van der Waals surface area (Å²) in [4.78, 5) is 13.2. The molecule has 1 aromatic heterocycles. The Bertz CT molecular complexity index is 330. The topological polar surface area (TPSA) is 75.0 Å². The Kier molecular flexibility index (Phi) is 3.91.